The van der Waals surface area contributed by atoms with E-state index >= 15 is 0 Å². The minimum atomic E-state index is -0.913. The number of aryl methyl sites for hydroxylation is 1. The first-order valence-corrected chi connectivity index (χ1v) is 6.64. The average Bonchev–Trinajstić information content (AvgIpc) is 2.26. The molecule has 0 saturated heterocycles. The molecule has 0 bridgehead atoms. The molecule has 112 valence electrons. The van der Waals surface area contributed by atoms with Crippen LogP contribution in [0, 0.1) is 13.8 Å². The van der Waals surface area contributed by atoms with E-state index in [0.717, 1.165) is 0 Å². The maximum atomic E-state index is 12.1. The minimum Gasteiger partial charge on any atom is -0.481 e. The third-order valence-electron chi connectivity index (χ3n) is 3.48. The summed E-state index contributed by atoms with van der Waals surface area (Å²) in [7, 11) is 3.86. The first-order valence-electron chi connectivity index (χ1n) is 6.64. The summed E-state index contributed by atoms with van der Waals surface area (Å²) in [6.45, 7) is 7.71. The molecule has 6 nitrogen and oxygen atoms in total. The fourth-order valence-corrected chi connectivity index (χ4v) is 2.67. The molecular formula is C14H23N3O3. The average molecular weight is 281 g/mol. The fraction of sp³-hybridized carbons (Fsp3) is 0.643. The summed E-state index contributed by atoms with van der Waals surface area (Å²) < 4.78 is 1.59. The highest BCUT2D eigenvalue weighted by Gasteiger charge is 2.23. The molecule has 1 N–H and O–H groups in total. The van der Waals surface area contributed by atoms with Crippen LogP contribution in [0.3, 0.4) is 0 Å². The molecule has 1 rings (SSSR count). The maximum Gasteiger partial charge on any atom is 0.348 e. The van der Waals surface area contributed by atoms with Crippen molar-refractivity contribution in [2.24, 2.45) is 0 Å². The third-order valence-corrected chi connectivity index (χ3v) is 3.48. The Morgan fingerprint density at radius 2 is 1.90 bits per heavy atom. The van der Waals surface area contributed by atoms with E-state index in [0.29, 0.717) is 23.5 Å². The van der Waals surface area contributed by atoms with Gasteiger partial charge in [0, 0.05) is 29.5 Å². The molecule has 2 unspecified atom stereocenters. The van der Waals surface area contributed by atoms with Crippen LogP contribution in [0.2, 0.25) is 0 Å². The van der Waals surface area contributed by atoms with Crippen molar-refractivity contribution in [3.63, 3.8) is 0 Å². The molecule has 20 heavy (non-hydrogen) atoms. The van der Waals surface area contributed by atoms with Crippen LogP contribution in [0.15, 0.2) is 4.79 Å². The third kappa shape index (κ3) is 3.25. The lowest BCUT2D eigenvalue weighted by atomic mass is 9.98. The van der Waals surface area contributed by atoms with Gasteiger partial charge in [0.2, 0.25) is 0 Å². The Balaban J connectivity index is 3.44. The van der Waals surface area contributed by atoms with Gasteiger partial charge in [-0.3, -0.25) is 9.36 Å². The number of likely N-dealkylation sites (N-methyl/N-ethyl adjacent to an activating group) is 1. The zero-order valence-corrected chi connectivity index (χ0v) is 13.0. The van der Waals surface area contributed by atoms with Crippen molar-refractivity contribution >= 4 is 5.97 Å². The van der Waals surface area contributed by atoms with Crippen molar-refractivity contribution in [1.29, 1.82) is 0 Å². The van der Waals surface area contributed by atoms with Gasteiger partial charge in [0.05, 0.1) is 5.92 Å². The van der Waals surface area contributed by atoms with Gasteiger partial charge >= 0.3 is 11.7 Å². The van der Waals surface area contributed by atoms with Gasteiger partial charge in [-0.05, 0) is 41.8 Å². The predicted molar refractivity (Wildman–Crippen MR) is 77.3 cm³/mol. The van der Waals surface area contributed by atoms with Crippen molar-refractivity contribution < 1.29 is 9.90 Å². The number of nitrogens with zero attached hydrogens (tertiary/aromatic N) is 3. The highest BCUT2D eigenvalue weighted by atomic mass is 16.4. The van der Waals surface area contributed by atoms with Crippen LogP contribution in [-0.4, -0.2) is 46.2 Å². The fourth-order valence-electron chi connectivity index (χ4n) is 2.67. The number of rotatable bonds is 5. The first-order chi connectivity index (χ1) is 9.16. The summed E-state index contributed by atoms with van der Waals surface area (Å²) in [6, 6.07) is -0.0645. The Labute approximate surface area is 119 Å². The van der Waals surface area contributed by atoms with Gasteiger partial charge in [-0.2, -0.15) is 4.98 Å². The molecule has 1 aromatic heterocycles. The van der Waals surface area contributed by atoms with Crippen molar-refractivity contribution in [3.05, 3.63) is 27.4 Å². The second kappa shape index (κ2) is 6.17. The number of hydrogen-bond acceptors (Lipinski definition) is 4. The molecule has 0 aliphatic carbocycles. The number of carboxylic acid groups (broad SMARTS) is 1. The number of aliphatic carboxylic acids is 1. The van der Waals surface area contributed by atoms with Crippen molar-refractivity contribution in [1.82, 2.24) is 14.5 Å². The molecule has 0 amide bonds. The Hall–Kier alpha value is -1.69. The van der Waals surface area contributed by atoms with Crippen LogP contribution in [0.5, 0.6) is 0 Å². The van der Waals surface area contributed by atoms with Gasteiger partial charge in [-0.15, -0.1) is 0 Å². The molecule has 1 aromatic rings. The van der Waals surface area contributed by atoms with Crippen LogP contribution in [-0.2, 0) is 4.79 Å². The summed E-state index contributed by atoms with van der Waals surface area (Å²) in [6.07, 6.45) is 0. The largest absolute Gasteiger partial charge is 0.481 e. The molecule has 0 spiro atoms. The van der Waals surface area contributed by atoms with Crippen LogP contribution < -0.4 is 5.69 Å². The molecule has 2 atom stereocenters. The lowest BCUT2D eigenvalue weighted by molar-refractivity contribution is -0.138. The van der Waals surface area contributed by atoms with E-state index in [-0.39, 0.29) is 11.7 Å². The Kier molecular flexibility index (Phi) is 5.05. The van der Waals surface area contributed by atoms with Gasteiger partial charge < -0.3 is 10.0 Å². The monoisotopic (exact) mass is 281 g/mol. The van der Waals surface area contributed by atoms with E-state index in [2.05, 4.69) is 4.98 Å². The van der Waals surface area contributed by atoms with E-state index in [1.165, 1.54) is 0 Å². The summed E-state index contributed by atoms with van der Waals surface area (Å²) in [5.41, 5.74) is 1.49. The molecule has 0 aliphatic rings. The number of carboxylic acids is 1. The highest BCUT2D eigenvalue weighted by Crippen LogP contribution is 2.23. The topological polar surface area (TPSA) is 75.4 Å². The van der Waals surface area contributed by atoms with E-state index in [1.54, 1.807) is 25.3 Å². The van der Waals surface area contributed by atoms with E-state index in [9.17, 15) is 14.7 Å². The zero-order chi connectivity index (χ0) is 15.6. The summed E-state index contributed by atoms with van der Waals surface area (Å²) in [5, 5.41) is 9.21. The van der Waals surface area contributed by atoms with Crippen LogP contribution in [0.25, 0.3) is 0 Å². The van der Waals surface area contributed by atoms with Gasteiger partial charge in [0.25, 0.3) is 0 Å². The molecule has 0 aromatic carbocycles. The molecule has 1 heterocycles. The second-order valence-electron chi connectivity index (χ2n) is 5.52. The van der Waals surface area contributed by atoms with Crippen molar-refractivity contribution in [3.8, 4) is 0 Å². The number of hydrogen-bond donors (Lipinski definition) is 1. The Bertz CT molecular complexity index is 564. The van der Waals surface area contributed by atoms with E-state index in [4.69, 9.17) is 0 Å². The summed E-state index contributed by atoms with van der Waals surface area (Å²) >= 11 is 0. The Morgan fingerprint density at radius 3 is 2.35 bits per heavy atom. The Morgan fingerprint density at radius 1 is 1.35 bits per heavy atom. The molecule has 0 fully saturated rings. The van der Waals surface area contributed by atoms with E-state index < -0.39 is 11.9 Å². The van der Waals surface area contributed by atoms with Gasteiger partial charge in [-0.25, -0.2) is 4.79 Å². The maximum absolute atomic E-state index is 12.1. The van der Waals surface area contributed by atoms with Crippen LogP contribution in [0.4, 0.5) is 0 Å². The summed E-state index contributed by atoms with van der Waals surface area (Å²) in [4.78, 5) is 29.3. The molecule has 0 saturated carbocycles. The number of aromatic nitrogens is 2. The van der Waals surface area contributed by atoms with E-state index in [1.807, 2.05) is 25.9 Å². The number of carbonyl (C=O) groups is 1. The van der Waals surface area contributed by atoms with Crippen LogP contribution in [0.1, 0.15) is 42.8 Å². The quantitative estimate of drug-likeness (QED) is 0.877. The molecular weight excluding hydrogens is 258 g/mol. The predicted octanol–water partition coefficient (Wildman–Crippen LogP) is 1.17. The highest BCUT2D eigenvalue weighted by molar-refractivity contribution is 5.76. The van der Waals surface area contributed by atoms with Crippen molar-refractivity contribution in [2.45, 2.75) is 39.7 Å². The normalized spacial score (nSPS) is 14.3. The molecule has 0 aliphatic heterocycles. The van der Waals surface area contributed by atoms with Gasteiger partial charge in [0.15, 0.2) is 0 Å². The van der Waals surface area contributed by atoms with Crippen molar-refractivity contribution in [2.75, 3.05) is 20.6 Å². The molecule has 0 radical (unpaired) electrons. The molecule has 6 heteroatoms. The first kappa shape index (κ1) is 16.4. The van der Waals surface area contributed by atoms with Crippen LogP contribution >= 0.6 is 0 Å². The minimum absolute atomic E-state index is 0.0645. The zero-order valence-electron chi connectivity index (χ0n) is 13.0. The lowest BCUT2D eigenvalue weighted by Crippen LogP contribution is -2.35. The lowest BCUT2D eigenvalue weighted by Gasteiger charge is -2.24. The SMILES string of the molecule is Cc1nc(=O)n(C(C)CN(C)C)c(C)c1C(C)C(=O)O. The standard InChI is InChI=1S/C14H23N3O3/c1-8(7-16(5)6)17-11(4)12(9(2)13(18)19)10(3)15-14(17)20/h8-9H,7H2,1-6H3,(H,18,19). The van der Waals surface area contributed by atoms with Gasteiger partial charge in [0.1, 0.15) is 0 Å². The second-order valence-corrected chi connectivity index (χ2v) is 5.52. The smallest absolute Gasteiger partial charge is 0.348 e. The van der Waals surface area contributed by atoms with Gasteiger partial charge in [-0.1, -0.05) is 0 Å². The summed E-state index contributed by atoms with van der Waals surface area (Å²) in [5.74, 6) is -1.59.